The lowest BCUT2D eigenvalue weighted by atomic mass is 10.1. The van der Waals surface area contributed by atoms with Gasteiger partial charge in [0.25, 0.3) is 5.91 Å². The van der Waals surface area contributed by atoms with Gasteiger partial charge in [-0.1, -0.05) is 12.8 Å². The molecule has 21 heavy (non-hydrogen) atoms. The molecule has 0 atom stereocenters. The quantitative estimate of drug-likeness (QED) is 0.881. The Morgan fingerprint density at radius 3 is 2.52 bits per heavy atom. The van der Waals surface area contributed by atoms with Gasteiger partial charge >= 0.3 is 0 Å². The van der Waals surface area contributed by atoms with Crippen LogP contribution < -0.4 is 5.48 Å². The molecule has 0 unspecified atom stereocenters. The second-order valence-electron chi connectivity index (χ2n) is 5.55. The van der Waals surface area contributed by atoms with E-state index in [0.29, 0.717) is 5.56 Å². The molecule has 1 amide bonds. The first-order valence-electron chi connectivity index (χ1n) is 7.34. The molecular formula is C16H19N3O2. The maximum atomic E-state index is 12.1. The van der Waals surface area contributed by atoms with E-state index in [1.54, 1.807) is 12.1 Å². The van der Waals surface area contributed by atoms with Crippen molar-refractivity contribution in [2.75, 3.05) is 0 Å². The number of hydroxylamine groups is 1. The third-order valence-corrected chi connectivity index (χ3v) is 3.96. The lowest BCUT2D eigenvalue weighted by Gasteiger charge is -2.11. The first-order valence-corrected chi connectivity index (χ1v) is 7.34. The zero-order valence-corrected chi connectivity index (χ0v) is 12.3. The highest BCUT2D eigenvalue weighted by atomic mass is 16.7. The zero-order chi connectivity index (χ0) is 14.8. The summed E-state index contributed by atoms with van der Waals surface area (Å²) >= 11 is 0. The molecule has 110 valence electrons. The van der Waals surface area contributed by atoms with Gasteiger partial charge in [-0.25, -0.2) is 15.4 Å². The average Bonchev–Trinajstić information content (AvgIpc) is 2.99. The van der Waals surface area contributed by atoms with Gasteiger partial charge in [0.15, 0.2) is 0 Å². The van der Waals surface area contributed by atoms with Gasteiger partial charge in [-0.3, -0.25) is 9.63 Å². The highest BCUT2D eigenvalue weighted by Gasteiger charge is 2.17. The summed E-state index contributed by atoms with van der Waals surface area (Å²) in [6, 6.07) is 5.32. The Morgan fingerprint density at radius 1 is 1.14 bits per heavy atom. The van der Waals surface area contributed by atoms with Crippen molar-refractivity contribution in [3.05, 3.63) is 35.2 Å². The first kappa shape index (κ1) is 13.9. The van der Waals surface area contributed by atoms with Gasteiger partial charge in [0.1, 0.15) is 0 Å². The minimum absolute atomic E-state index is 0.152. The number of nitrogens with zero attached hydrogens (tertiary/aromatic N) is 2. The van der Waals surface area contributed by atoms with E-state index in [-0.39, 0.29) is 12.0 Å². The minimum Gasteiger partial charge on any atom is -0.270 e. The van der Waals surface area contributed by atoms with E-state index in [0.717, 1.165) is 35.3 Å². The number of aryl methyl sites for hydroxylation is 2. The van der Waals surface area contributed by atoms with Gasteiger partial charge in [-0.2, -0.15) is 0 Å². The number of benzene rings is 1. The van der Waals surface area contributed by atoms with Crippen molar-refractivity contribution in [1.29, 1.82) is 0 Å². The highest BCUT2D eigenvalue weighted by Crippen LogP contribution is 2.20. The molecule has 3 rings (SSSR count). The molecule has 2 aromatic rings. The second-order valence-corrected chi connectivity index (χ2v) is 5.55. The van der Waals surface area contributed by atoms with Crippen molar-refractivity contribution < 1.29 is 9.63 Å². The Balaban J connectivity index is 1.76. The molecule has 0 spiro atoms. The minimum atomic E-state index is -0.233. The van der Waals surface area contributed by atoms with Crippen molar-refractivity contribution in [3.63, 3.8) is 0 Å². The van der Waals surface area contributed by atoms with Crippen LogP contribution in [0.15, 0.2) is 18.2 Å². The van der Waals surface area contributed by atoms with Crippen molar-refractivity contribution in [2.45, 2.75) is 45.6 Å². The molecule has 1 aliphatic rings. The lowest BCUT2D eigenvalue weighted by molar-refractivity contribution is -0.0124. The van der Waals surface area contributed by atoms with Crippen LogP contribution >= 0.6 is 0 Å². The fourth-order valence-electron chi connectivity index (χ4n) is 2.57. The smallest absolute Gasteiger partial charge is 0.270 e. The molecular weight excluding hydrogens is 266 g/mol. The molecule has 1 fully saturated rings. The molecule has 0 bridgehead atoms. The Morgan fingerprint density at radius 2 is 1.81 bits per heavy atom. The molecule has 5 nitrogen and oxygen atoms in total. The van der Waals surface area contributed by atoms with E-state index >= 15 is 0 Å². The van der Waals surface area contributed by atoms with Crippen LogP contribution in [0.2, 0.25) is 0 Å². The lowest BCUT2D eigenvalue weighted by Crippen LogP contribution is -2.28. The summed E-state index contributed by atoms with van der Waals surface area (Å²) in [4.78, 5) is 26.5. The summed E-state index contributed by atoms with van der Waals surface area (Å²) in [6.45, 7) is 3.84. The normalized spacial score (nSPS) is 15.5. The van der Waals surface area contributed by atoms with E-state index in [4.69, 9.17) is 4.84 Å². The number of hydrogen-bond acceptors (Lipinski definition) is 4. The van der Waals surface area contributed by atoms with Crippen LogP contribution in [0.1, 0.15) is 47.4 Å². The van der Waals surface area contributed by atoms with E-state index in [9.17, 15) is 4.79 Å². The summed E-state index contributed by atoms with van der Waals surface area (Å²) < 4.78 is 0. The van der Waals surface area contributed by atoms with Crippen molar-refractivity contribution >= 4 is 16.9 Å². The molecule has 1 aliphatic carbocycles. The van der Waals surface area contributed by atoms with Crippen LogP contribution in [-0.2, 0) is 4.84 Å². The zero-order valence-electron chi connectivity index (χ0n) is 12.3. The Labute approximate surface area is 123 Å². The van der Waals surface area contributed by atoms with E-state index < -0.39 is 0 Å². The molecule has 1 N–H and O–H groups in total. The maximum absolute atomic E-state index is 12.1. The Hall–Kier alpha value is -2.01. The average molecular weight is 285 g/mol. The molecule has 1 aromatic carbocycles. The van der Waals surface area contributed by atoms with E-state index in [2.05, 4.69) is 15.4 Å². The van der Waals surface area contributed by atoms with Crippen molar-refractivity contribution in [3.8, 4) is 0 Å². The fraction of sp³-hybridized carbons (Fsp3) is 0.438. The van der Waals surface area contributed by atoms with Crippen molar-refractivity contribution in [1.82, 2.24) is 15.4 Å². The first-order chi connectivity index (χ1) is 10.1. The standard InChI is InChI=1S/C16H19N3O2/c1-10-11(2)18-15-9-12(7-8-14(15)17-10)16(20)19-21-13-5-3-4-6-13/h7-9,13H,3-6H2,1-2H3,(H,19,20). The maximum Gasteiger partial charge on any atom is 0.274 e. The van der Waals surface area contributed by atoms with Crippen LogP contribution in [0.5, 0.6) is 0 Å². The number of carbonyl (C=O) groups excluding carboxylic acids is 1. The summed E-state index contributed by atoms with van der Waals surface area (Å²) in [5, 5.41) is 0. The number of fused-ring (bicyclic) bond motifs is 1. The number of nitrogens with one attached hydrogen (secondary N) is 1. The molecule has 0 radical (unpaired) electrons. The van der Waals surface area contributed by atoms with Gasteiger partial charge in [0.2, 0.25) is 0 Å². The monoisotopic (exact) mass is 285 g/mol. The number of amides is 1. The third kappa shape index (κ3) is 3.03. The van der Waals surface area contributed by atoms with Gasteiger partial charge in [-0.15, -0.1) is 0 Å². The largest absolute Gasteiger partial charge is 0.274 e. The Bertz CT molecular complexity index is 679. The second kappa shape index (κ2) is 5.77. The molecule has 0 aliphatic heterocycles. The number of aromatic nitrogens is 2. The van der Waals surface area contributed by atoms with Crippen LogP contribution in [0.4, 0.5) is 0 Å². The molecule has 1 heterocycles. The van der Waals surface area contributed by atoms with Gasteiger partial charge in [0, 0.05) is 5.56 Å². The molecule has 0 saturated heterocycles. The fourth-order valence-corrected chi connectivity index (χ4v) is 2.57. The number of hydrogen-bond donors (Lipinski definition) is 1. The van der Waals surface area contributed by atoms with Gasteiger partial charge < -0.3 is 0 Å². The number of carbonyl (C=O) groups is 1. The van der Waals surface area contributed by atoms with Gasteiger partial charge in [0.05, 0.1) is 28.5 Å². The van der Waals surface area contributed by atoms with E-state index in [1.807, 2.05) is 19.9 Å². The van der Waals surface area contributed by atoms with Crippen LogP contribution in [0, 0.1) is 13.8 Å². The Kier molecular flexibility index (Phi) is 3.84. The van der Waals surface area contributed by atoms with Crippen LogP contribution in [-0.4, -0.2) is 22.0 Å². The van der Waals surface area contributed by atoms with Gasteiger partial charge in [-0.05, 0) is 44.9 Å². The third-order valence-electron chi connectivity index (χ3n) is 3.96. The SMILES string of the molecule is Cc1nc2ccc(C(=O)NOC3CCCC3)cc2nc1C. The predicted octanol–water partition coefficient (Wildman–Crippen LogP) is 2.85. The molecule has 1 aromatic heterocycles. The predicted molar refractivity (Wildman–Crippen MR) is 79.8 cm³/mol. The molecule has 5 heteroatoms. The topological polar surface area (TPSA) is 64.1 Å². The van der Waals surface area contributed by atoms with E-state index in [1.165, 1.54) is 12.8 Å². The number of rotatable bonds is 3. The molecule has 1 saturated carbocycles. The summed E-state index contributed by atoms with van der Waals surface area (Å²) in [6.07, 6.45) is 4.53. The van der Waals surface area contributed by atoms with Crippen LogP contribution in [0.25, 0.3) is 11.0 Å². The summed E-state index contributed by atoms with van der Waals surface area (Å²) in [5.74, 6) is -0.233. The summed E-state index contributed by atoms with van der Waals surface area (Å²) in [5.41, 5.74) is 6.39. The van der Waals surface area contributed by atoms with Crippen molar-refractivity contribution in [2.24, 2.45) is 0 Å². The summed E-state index contributed by atoms with van der Waals surface area (Å²) in [7, 11) is 0. The van der Waals surface area contributed by atoms with Crippen LogP contribution in [0.3, 0.4) is 0 Å². The highest BCUT2D eigenvalue weighted by molar-refractivity contribution is 5.96.